The van der Waals surface area contributed by atoms with Crippen LogP contribution < -0.4 is 0 Å². The molecule has 1 heterocycles. The number of ether oxygens (including phenoxy) is 5. The number of esters is 4. The van der Waals surface area contributed by atoms with E-state index in [1.54, 1.807) is 6.08 Å². The Hall–Kier alpha value is -0.960. The van der Waals surface area contributed by atoms with Crippen LogP contribution in [0.1, 0.15) is 27.7 Å². The van der Waals surface area contributed by atoms with Crippen LogP contribution in [0.3, 0.4) is 0 Å². The first-order valence-electron chi connectivity index (χ1n) is 8.27. The highest BCUT2D eigenvalue weighted by Gasteiger charge is 2.51. The zero-order chi connectivity index (χ0) is 21.4. The fourth-order valence-electron chi connectivity index (χ4n) is 2.62. The van der Waals surface area contributed by atoms with Gasteiger partial charge in [-0.05, 0) is 32.2 Å². The second kappa shape index (κ2) is 11.9. The molecule has 0 bridgehead atoms. The third-order valence-corrected chi connectivity index (χ3v) is 6.52. The molecule has 0 unspecified atom stereocenters. The molecule has 0 spiro atoms. The summed E-state index contributed by atoms with van der Waals surface area (Å²) in [5.74, 6) is -2.48. The van der Waals surface area contributed by atoms with Crippen molar-refractivity contribution in [1.29, 1.82) is 0 Å². The number of alkyl halides is 1. The molecule has 11 heteroatoms. The average molecular weight is 624 g/mol. The van der Waals surface area contributed by atoms with E-state index < -0.39 is 54.4 Å². The van der Waals surface area contributed by atoms with E-state index in [1.165, 1.54) is 27.7 Å². The molecule has 1 saturated heterocycles. The summed E-state index contributed by atoms with van der Waals surface area (Å²) in [6, 6.07) is 0. The Labute approximate surface area is 190 Å². The van der Waals surface area contributed by atoms with Gasteiger partial charge in [-0.3, -0.25) is 19.2 Å². The van der Waals surface area contributed by atoms with Gasteiger partial charge in [-0.2, -0.15) is 0 Å². The number of carbonyl (C=O) groups excluding carboxylic acids is 4. The maximum atomic E-state index is 11.7. The molecule has 28 heavy (non-hydrogen) atoms. The number of carbonyl (C=O) groups is 4. The first kappa shape index (κ1) is 25.1. The van der Waals surface area contributed by atoms with Crippen molar-refractivity contribution >= 4 is 69.1 Å². The smallest absolute Gasteiger partial charge is 0.303 e. The SMILES string of the molecule is CC(=O)OC[C@H]1O[C@@H](C=C(I)CI)[C@H](OC(C)=O)[C@@H](OC(C)=O)[C@H]1OC(C)=O. The van der Waals surface area contributed by atoms with E-state index in [-0.39, 0.29) is 6.61 Å². The molecule has 1 fully saturated rings. The molecular formula is C17H22I2O9. The van der Waals surface area contributed by atoms with Gasteiger partial charge in [-0.25, -0.2) is 0 Å². The van der Waals surface area contributed by atoms with Crippen LogP contribution in [0.5, 0.6) is 0 Å². The topological polar surface area (TPSA) is 114 Å². The predicted octanol–water partition coefficient (Wildman–Crippen LogP) is 1.87. The van der Waals surface area contributed by atoms with E-state index in [2.05, 4.69) is 45.2 Å². The van der Waals surface area contributed by atoms with Gasteiger partial charge in [-0.1, -0.05) is 22.6 Å². The number of hydrogen-bond donors (Lipinski definition) is 0. The highest BCUT2D eigenvalue weighted by molar-refractivity contribution is 14.1. The van der Waals surface area contributed by atoms with Crippen LogP contribution in [0.4, 0.5) is 0 Å². The third kappa shape index (κ3) is 8.19. The van der Waals surface area contributed by atoms with Crippen LogP contribution in [-0.2, 0) is 42.9 Å². The summed E-state index contributed by atoms with van der Waals surface area (Å²) >= 11 is 4.26. The van der Waals surface area contributed by atoms with E-state index in [4.69, 9.17) is 23.7 Å². The minimum absolute atomic E-state index is 0.233. The number of allylic oxidation sites excluding steroid dienone is 1. The van der Waals surface area contributed by atoms with Crippen molar-refractivity contribution < 1.29 is 42.9 Å². The minimum atomic E-state index is -1.14. The number of hydrogen-bond acceptors (Lipinski definition) is 9. The van der Waals surface area contributed by atoms with E-state index in [9.17, 15) is 19.2 Å². The molecule has 0 aromatic heterocycles. The standard InChI is InChI=1S/C17H22I2O9/c1-8(20)24-7-14-16(26-10(3)22)17(27-11(4)23)15(25-9(2)21)13(28-14)5-12(19)6-18/h5,13-17H,6-7H2,1-4H3/t13-,14+,15-,16-,17+/m0/s1. The van der Waals surface area contributed by atoms with Crippen LogP contribution in [0, 0.1) is 0 Å². The molecule has 1 aliphatic heterocycles. The van der Waals surface area contributed by atoms with E-state index >= 15 is 0 Å². The molecular weight excluding hydrogens is 602 g/mol. The second-order valence-corrected chi connectivity index (χ2v) is 8.06. The maximum absolute atomic E-state index is 11.7. The van der Waals surface area contributed by atoms with E-state index in [1.807, 2.05) is 0 Å². The first-order valence-corrected chi connectivity index (χ1v) is 10.9. The Morgan fingerprint density at radius 3 is 1.82 bits per heavy atom. The maximum Gasteiger partial charge on any atom is 0.303 e. The van der Waals surface area contributed by atoms with E-state index in [0.29, 0.717) is 4.43 Å². The lowest BCUT2D eigenvalue weighted by Gasteiger charge is -2.43. The summed E-state index contributed by atoms with van der Waals surface area (Å²) in [6.07, 6.45) is -3.33. The zero-order valence-electron chi connectivity index (χ0n) is 15.8. The van der Waals surface area contributed by atoms with Gasteiger partial charge in [0.05, 0.1) is 0 Å². The normalized spacial score (nSPS) is 27.5. The lowest BCUT2D eigenvalue weighted by Crippen LogP contribution is -2.62. The Morgan fingerprint density at radius 1 is 0.857 bits per heavy atom. The second-order valence-electron chi connectivity index (χ2n) is 5.91. The lowest BCUT2D eigenvalue weighted by molar-refractivity contribution is -0.244. The number of rotatable bonds is 7. The van der Waals surface area contributed by atoms with Crippen molar-refractivity contribution in [1.82, 2.24) is 0 Å². The predicted molar refractivity (Wildman–Crippen MR) is 113 cm³/mol. The van der Waals surface area contributed by atoms with Gasteiger partial charge in [0.25, 0.3) is 0 Å². The molecule has 0 saturated carbocycles. The Balaban J connectivity index is 3.37. The fraction of sp³-hybridized carbons (Fsp3) is 0.647. The van der Waals surface area contributed by atoms with Gasteiger partial charge in [0.2, 0.25) is 0 Å². The van der Waals surface area contributed by atoms with Crippen molar-refractivity contribution in [2.24, 2.45) is 0 Å². The molecule has 1 aliphatic rings. The van der Waals surface area contributed by atoms with Crippen LogP contribution in [0.15, 0.2) is 9.66 Å². The van der Waals surface area contributed by atoms with Gasteiger partial charge < -0.3 is 23.7 Å². The Morgan fingerprint density at radius 2 is 1.36 bits per heavy atom. The summed E-state index contributed by atoms with van der Waals surface area (Å²) in [7, 11) is 0. The first-order chi connectivity index (χ1) is 13.0. The van der Waals surface area contributed by atoms with Crippen molar-refractivity contribution in [3.05, 3.63) is 9.66 Å². The highest BCUT2D eigenvalue weighted by atomic mass is 127. The monoisotopic (exact) mass is 624 g/mol. The summed E-state index contributed by atoms with van der Waals surface area (Å²) < 4.78 is 28.5. The van der Waals surface area contributed by atoms with Gasteiger partial charge in [0.15, 0.2) is 18.3 Å². The largest absolute Gasteiger partial charge is 0.463 e. The van der Waals surface area contributed by atoms with Gasteiger partial charge in [0, 0.05) is 32.1 Å². The third-order valence-electron chi connectivity index (χ3n) is 3.50. The van der Waals surface area contributed by atoms with Crippen LogP contribution in [0.25, 0.3) is 0 Å². The molecule has 158 valence electrons. The van der Waals surface area contributed by atoms with Crippen molar-refractivity contribution in [3.63, 3.8) is 0 Å². The van der Waals surface area contributed by atoms with Gasteiger partial charge >= 0.3 is 23.9 Å². The van der Waals surface area contributed by atoms with Crippen molar-refractivity contribution in [2.45, 2.75) is 58.2 Å². The molecule has 0 amide bonds. The molecule has 0 N–H and O–H groups in total. The average Bonchev–Trinajstić information content (AvgIpc) is 2.57. The van der Waals surface area contributed by atoms with Crippen LogP contribution in [0.2, 0.25) is 0 Å². The van der Waals surface area contributed by atoms with Gasteiger partial charge in [-0.15, -0.1) is 0 Å². The Bertz CT molecular complexity index is 634. The molecule has 1 rings (SSSR count). The molecule has 0 aromatic carbocycles. The summed E-state index contributed by atoms with van der Waals surface area (Å²) in [4.78, 5) is 46.2. The fourth-order valence-corrected chi connectivity index (χ4v) is 3.23. The highest BCUT2D eigenvalue weighted by Crippen LogP contribution is 2.31. The summed E-state index contributed by atoms with van der Waals surface area (Å²) in [6.45, 7) is 4.57. The molecule has 0 aliphatic carbocycles. The number of halogens is 2. The Kier molecular flexibility index (Phi) is 10.7. The minimum Gasteiger partial charge on any atom is -0.463 e. The van der Waals surface area contributed by atoms with Gasteiger partial charge in [0.1, 0.15) is 18.8 Å². The quantitative estimate of drug-likeness (QED) is 0.181. The molecule has 0 radical (unpaired) electrons. The van der Waals surface area contributed by atoms with Crippen LogP contribution >= 0.6 is 45.2 Å². The van der Waals surface area contributed by atoms with Crippen molar-refractivity contribution in [3.8, 4) is 0 Å². The van der Waals surface area contributed by atoms with E-state index in [0.717, 1.165) is 3.58 Å². The molecule has 0 aromatic rings. The molecule has 9 nitrogen and oxygen atoms in total. The summed E-state index contributed by atoms with van der Waals surface area (Å²) in [5, 5.41) is 0. The van der Waals surface area contributed by atoms with Crippen LogP contribution in [-0.4, -0.2) is 65.4 Å². The zero-order valence-corrected chi connectivity index (χ0v) is 20.1. The molecule has 5 atom stereocenters. The lowest BCUT2D eigenvalue weighted by atomic mass is 9.94. The summed E-state index contributed by atoms with van der Waals surface area (Å²) in [5.41, 5.74) is 0. The van der Waals surface area contributed by atoms with Crippen molar-refractivity contribution in [2.75, 3.05) is 11.0 Å².